The fourth-order valence-electron chi connectivity index (χ4n) is 2.70. The van der Waals surface area contributed by atoms with Crippen LogP contribution in [0, 0.1) is 24.0 Å². The predicted octanol–water partition coefficient (Wildman–Crippen LogP) is 2.79. The lowest BCUT2D eigenvalue weighted by atomic mass is 10.0. The van der Waals surface area contributed by atoms with E-state index in [0.717, 1.165) is 11.1 Å². The number of nitro benzene ring substituents is 1. The summed E-state index contributed by atoms with van der Waals surface area (Å²) in [5, 5.41) is 10.8. The number of sulfonamides is 1. The van der Waals surface area contributed by atoms with Gasteiger partial charge in [-0.1, -0.05) is 29.8 Å². The minimum absolute atomic E-state index is 0.0458. The molecule has 0 fully saturated rings. The van der Waals surface area contributed by atoms with Gasteiger partial charge in [0.25, 0.3) is 5.69 Å². The molecule has 2 aromatic carbocycles. The minimum Gasteiger partial charge on any atom is -0.301 e. The van der Waals surface area contributed by atoms with Crippen molar-refractivity contribution in [3.8, 4) is 0 Å². The van der Waals surface area contributed by atoms with E-state index in [1.807, 2.05) is 50.2 Å². The van der Waals surface area contributed by atoms with Gasteiger partial charge in [-0.05, 0) is 45.1 Å². The van der Waals surface area contributed by atoms with E-state index in [-0.39, 0.29) is 23.2 Å². The zero-order chi connectivity index (χ0) is 19.5. The normalized spacial score (nSPS) is 13.0. The Morgan fingerprint density at radius 3 is 2.23 bits per heavy atom. The molecule has 140 valence electrons. The molecule has 2 aromatic rings. The van der Waals surface area contributed by atoms with Gasteiger partial charge >= 0.3 is 0 Å². The van der Waals surface area contributed by atoms with Crippen molar-refractivity contribution in [2.45, 2.75) is 24.8 Å². The highest BCUT2D eigenvalue weighted by Gasteiger charge is 2.22. The Morgan fingerprint density at radius 1 is 1.12 bits per heavy atom. The lowest BCUT2D eigenvalue weighted by Gasteiger charge is -2.25. The molecular weight excluding hydrogens is 354 g/mol. The number of rotatable bonds is 7. The summed E-state index contributed by atoms with van der Waals surface area (Å²) in [4.78, 5) is 12.3. The van der Waals surface area contributed by atoms with Crippen LogP contribution in [0.5, 0.6) is 0 Å². The molecule has 0 spiro atoms. The van der Waals surface area contributed by atoms with Crippen LogP contribution in [0.3, 0.4) is 0 Å². The molecule has 2 rings (SSSR count). The van der Waals surface area contributed by atoms with Crippen LogP contribution >= 0.6 is 0 Å². The van der Waals surface area contributed by atoms with Crippen LogP contribution in [0.25, 0.3) is 0 Å². The number of likely N-dealkylation sites (N-methyl/N-ethyl adjacent to an activating group) is 1. The fraction of sp³-hybridized carbons (Fsp3) is 0.333. The molecule has 0 aliphatic heterocycles. The molecule has 1 atom stereocenters. The summed E-state index contributed by atoms with van der Waals surface area (Å²) < 4.78 is 27.9. The SMILES string of the molecule is Cc1ccc(C(CNS(=O)(=O)c2ccc([N+](=O)[O-])cc2C)N(C)C)cc1. The number of hydrogen-bond acceptors (Lipinski definition) is 5. The van der Waals surface area contributed by atoms with Crippen molar-refractivity contribution in [1.29, 1.82) is 0 Å². The summed E-state index contributed by atoms with van der Waals surface area (Å²) in [5.41, 5.74) is 2.34. The number of nitrogens with zero attached hydrogens (tertiary/aromatic N) is 2. The molecule has 0 saturated heterocycles. The zero-order valence-electron chi connectivity index (χ0n) is 15.3. The van der Waals surface area contributed by atoms with Gasteiger partial charge in [-0.25, -0.2) is 13.1 Å². The zero-order valence-corrected chi connectivity index (χ0v) is 16.1. The summed E-state index contributed by atoms with van der Waals surface area (Å²) in [6.45, 7) is 3.73. The van der Waals surface area contributed by atoms with E-state index in [4.69, 9.17) is 0 Å². The minimum atomic E-state index is -3.78. The second-order valence-electron chi connectivity index (χ2n) is 6.45. The van der Waals surface area contributed by atoms with E-state index in [0.29, 0.717) is 5.56 Å². The number of nitrogens with one attached hydrogen (secondary N) is 1. The van der Waals surface area contributed by atoms with E-state index in [1.54, 1.807) is 6.92 Å². The van der Waals surface area contributed by atoms with Crippen LogP contribution in [0.15, 0.2) is 47.4 Å². The fourth-order valence-corrected chi connectivity index (χ4v) is 3.97. The van der Waals surface area contributed by atoms with Gasteiger partial charge in [-0.15, -0.1) is 0 Å². The molecule has 1 N–H and O–H groups in total. The summed E-state index contributed by atoms with van der Waals surface area (Å²) in [6.07, 6.45) is 0. The highest BCUT2D eigenvalue weighted by atomic mass is 32.2. The van der Waals surface area contributed by atoms with E-state index >= 15 is 0 Å². The summed E-state index contributed by atoms with van der Waals surface area (Å²) >= 11 is 0. The first-order valence-corrected chi connectivity index (χ1v) is 9.58. The first kappa shape index (κ1) is 20.0. The predicted molar refractivity (Wildman–Crippen MR) is 101 cm³/mol. The van der Waals surface area contributed by atoms with E-state index < -0.39 is 14.9 Å². The third-order valence-electron chi connectivity index (χ3n) is 4.21. The summed E-state index contributed by atoms with van der Waals surface area (Å²) in [5.74, 6) is 0. The lowest BCUT2D eigenvalue weighted by molar-refractivity contribution is -0.385. The van der Waals surface area contributed by atoms with Crippen LogP contribution in [-0.4, -0.2) is 38.9 Å². The van der Waals surface area contributed by atoms with Gasteiger partial charge in [0.05, 0.1) is 9.82 Å². The van der Waals surface area contributed by atoms with Crippen molar-refractivity contribution >= 4 is 15.7 Å². The van der Waals surface area contributed by atoms with Crippen LogP contribution in [0.2, 0.25) is 0 Å². The molecular formula is C18H23N3O4S. The first-order valence-electron chi connectivity index (χ1n) is 8.09. The Balaban J connectivity index is 2.22. The maximum Gasteiger partial charge on any atom is 0.269 e. The van der Waals surface area contributed by atoms with Gasteiger partial charge in [0.2, 0.25) is 10.0 Å². The van der Waals surface area contributed by atoms with Crippen LogP contribution < -0.4 is 4.72 Å². The van der Waals surface area contributed by atoms with Crippen molar-refractivity contribution in [2.24, 2.45) is 0 Å². The number of hydrogen-bond donors (Lipinski definition) is 1. The van der Waals surface area contributed by atoms with Gasteiger partial charge in [-0.2, -0.15) is 0 Å². The molecule has 0 aromatic heterocycles. The molecule has 8 heteroatoms. The largest absolute Gasteiger partial charge is 0.301 e. The second-order valence-corrected chi connectivity index (χ2v) is 8.18. The van der Waals surface area contributed by atoms with Gasteiger partial charge in [-0.3, -0.25) is 10.1 Å². The Kier molecular flexibility index (Phi) is 6.12. The molecule has 0 saturated carbocycles. The van der Waals surface area contributed by atoms with Crippen molar-refractivity contribution < 1.29 is 13.3 Å². The maximum absolute atomic E-state index is 12.6. The molecule has 0 heterocycles. The molecule has 7 nitrogen and oxygen atoms in total. The van der Waals surface area contributed by atoms with Gasteiger partial charge < -0.3 is 4.90 Å². The molecule has 0 amide bonds. The second kappa shape index (κ2) is 7.94. The van der Waals surface area contributed by atoms with E-state index in [2.05, 4.69) is 4.72 Å². The standard InChI is InChI=1S/C18H23N3O4S/c1-13-5-7-15(8-6-13)17(20(3)4)12-19-26(24,25)18-10-9-16(21(22)23)11-14(18)2/h5-11,17,19H,12H2,1-4H3. The first-order chi connectivity index (χ1) is 12.1. The molecule has 0 aliphatic rings. The Labute approximate surface area is 153 Å². The number of benzene rings is 2. The van der Waals surface area contributed by atoms with Crippen LogP contribution in [-0.2, 0) is 10.0 Å². The highest BCUT2D eigenvalue weighted by molar-refractivity contribution is 7.89. The molecule has 26 heavy (non-hydrogen) atoms. The smallest absolute Gasteiger partial charge is 0.269 e. The third kappa shape index (κ3) is 4.66. The summed E-state index contributed by atoms with van der Waals surface area (Å²) in [6, 6.07) is 11.5. The third-order valence-corrected chi connectivity index (χ3v) is 5.79. The Morgan fingerprint density at radius 2 is 1.73 bits per heavy atom. The molecule has 0 radical (unpaired) electrons. The monoisotopic (exact) mass is 377 g/mol. The quantitative estimate of drug-likeness (QED) is 0.592. The van der Waals surface area contributed by atoms with Crippen molar-refractivity contribution in [3.05, 3.63) is 69.3 Å². The Bertz CT molecular complexity index is 893. The number of non-ortho nitro benzene ring substituents is 1. The van der Waals surface area contributed by atoms with Gasteiger partial charge in [0.1, 0.15) is 0 Å². The van der Waals surface area contributed by atoms with E-state index in [1.165, 1.54) is 18.2 Å². The Hall–Kier alpha value is -2.29. The van der Waals surface area contributed by atoms with Crippen LogP contribution in [0.4, 0.5) is 5.69 Å². The maximum atomic E-state index is 12.6. The highest BCUT2D eigenvalue weighted by Crippen LogP contribution is 2.23. The van der Waals surface area contributed by atoms with Crippen molar-refractivity contribution in [2.75, 3.05) is 20.6 Å². The number of nitro groups is 1. The topological polar surface area (TPSA) is 92.5 Å². The van der Waals surface area contributed by atoms with Crippen LogP contribution in [0.1, 0.15) is 22.7 Å². The molecule has 0 aliphatic carbocycles. The summed E-state index contributed by atoms with van der Waals surface area (Å²) in [7, 11) is -0.00768. The average molecular weight is 377 g/mol. The average Bonchev–Trinajstić information content (AvgIpc) is 2.55. The van der Waals surface area contributed by atoms with E-state index in [9.17, 15) is 18.5 Å². The van der Waals surface area contributed by atoms with Gasteiger partial charge in [0.15, 0.2) is 0 Å². The molecule has 1 unspecified atom stereocenters. The lowest BCUT2D eigenvalue weighted by Crippen LogP contribution is -2.34. The van der Waals surface area contributed by atoms with Crippen molar-refractivity contribution in [1.82, 2.24) is 9.62 Å². The van der Waals surface area contributed by atoms with Gasteiger partial charge in [0, 0.05) is 24.7 Å². The number of aryl methyl sites for hydroxylation is 2. The van der Waals surface area contributed by atoms with Crippen molar-refractivity contribution in [3.63, 3.8) is 0 Å². The molecule has 0 bridgehead atoms.